The molecule has 0 aliphatic carbocycles. The molecule has 0 unspecified atom stereocenters. The van der Waals surface area contributed by atoms with Crippen LogP contribution in [0.15, 0.2) is 23.4 Å². The lowest BCUT2D eigenvalue weighted by atomic mass is 10.2. The fourth-order valence-electron chi connectivity index (χ4n) is 1.34. The number of allylic oxidation sites excluding steroid dienone is 1. The summed E-state index contributed by atoms with van der Waals surface area (Å²) in [5, 5.41) is 22.1. The van der Waals surface area contributed by atoms with Crippen molar-refractivity contribution in [1.29, 1.82) is 0 Å². The number of hydrogen-bond acceptors (Lipinski definition) is 4. The molecule has 0 aromatic carbocycles. The van der Waals surface area contributed by atoms with Crippen molar-refractivity contribution in [1.82, 2.24) is 9.80 Å². The Balaban J connectivity index is 3.41. The summed E-state index contributed by atoms with van der Waals surface area (Å²) in [6.45, 7) is 1.53. The average Bonchev–Trinajstić information content (AvgIpc) is 2.19. The molecule has 15 heavy (non-hydrogen) atoms. The third kappa shape index (κ3) is 1.51. The molecule has 0 spiro atoms. The second kappa shape index (κ2) is 3.60. The zero-order valence-corrected chi connectivity index (χ0v) is 8.55. The minimum atomic E-state index is -0.892. The number of nitro groups is 1. The van der Waals surface area contributed by atoms with Crippen LogP contribution in [0.3, 0.4) is 0 Å². The van der Waals surface area contributed by atoms with Crippen molar-refractivity contribution in [3.8, 4) is 0 Å². The number of carbonyl (C=O) groups is 1. The first-order valence-corrected chi connectivity index (χ1v) is 4.15. The summed E-state index contributed by atoms with van der Waals surface area (Å²) in [6.07, 6.45) is 1.36. The Labute approximate surface area is 86.0 Å². The Hall–Kier alpha value is -2.05. The van der Waals surface area contributed by atoms with E-state index < -0.39 is 22.5 Å². The van der Waals surface area contributed by atoms with Gasteiger partial charge in [0.1, 0.15) is 5.70 Å². The van der Waals surface area contributed by atoms with Crippen LogP contribution in [0.4, 0.5) is 4.79 Å². The molecule has 2 amide bonds. The SMILES string of the molecule is C/C=C1/C([N+](=O)[O-])=C([O-])N(C)C(=O)N1C. The van der Waals surface area contributed by atoms with Gasteiger partial charge in [0.25, 0.3) is 0 Å². The molecule has 1 heterocycles. The van der Waals surface area contributed by atoms with Gasteiger partial charge in [-0.3, -0.25) is 15.0 Å². The van der Waals surface area contributed by atoms with Crippen molar-refractivity contribution in [2.75, 3.05) is 14.1 Å². The zero-order chi connectivity index (χ0) is 11.7. The normalized spacial score (nSPS) is 20.2. The van der Waals surface area contributed by atoms with Crippen molar-refractivity contribution < 1.29 is 14.8 Å². The van der Waals surface area contributed by atoms with Gasteiger partial charge in [0.05, 0.1) is 10.8 Å². The minimum Gasteiger partial charge on any atom is -0.855 e. The van der Waals surface area contributed by atoms with E-state index in [0.717, 1.165) is 4.90 Å². The lowest BCUT2D eigenvalue weighted by molar-refractivity contribution is -0.446. The highest BCUT2D eigenvalue weighted by Gasteiger charge is 2.34. The highest BCUT2D eigenvalue weighted by molar-refractivity contribution is 5.80. The molecule has 82 valence electrons. The molecule has 0 bridgehead atoms. The topological polar surface area (TPSA) is 89.7 Å². The van der Waals surface area contributed by atoms with Crippen LogP contribution < -0.4 is 5.11 Å². The predicted octanol–water partition coefficient (Wildman–Crippen LogP) is -0.306. The number of amides is 2. The van der Waals surface area contributed by atoms with Gasteiger partial charge in [-0.25, -0.2) is 4.79 Å². The quantitative estimate of drug-likeness (QED) is 0.440. The van der Waals surface area contributed by atoms with E-state index in [1.54, 1.807) is 0 Å². The fourth-order valence-corrected chi connectivity index (χ4v) is 1.34. The molecule has 7 heteroatoms. The summed E-state index contributed by atoms with van der Waals surface area (Å²) >= 11 is 0. The molecule has 0 fully saturated rings. The number of rotatable bonds is 1. The summed E-state index contributed by atoms with van der Waals surface area (Å²) < 4.78 is 0. The van der Waals surface area contributed by atoms with Crippen LogP contribution in [-0.4, -0.2) is 34.8 Å². The molecule has 0 aromatic heterocycles. The molecular formula is C8H10N3O4-. The van der Waals surface area contributed by atoms with Crippen molar-refractivity contribution in [3.63, 3.8) is 0 Å². The third-order valence-electron chi connectivity index (χ3n) is 2.14. The van der Waals surface area contributed by atoms with Gasteiger partial charge in [-0.1, -0.05) is 6.08 Å². The van der Waals surface area contributed by atoms with E-state index in [1.165, 1.54) is 27.1 Å². The highest BCUT2D eigenvalue weighted by atomic mass is 16.6. The van der Waals surface area contributed by atoms with Gasteiger partial charge in [0, 0.05) is 14.1 Å². The van der Waals surface area contributed by atoms with Crippen LogP contribution in [0.5, 0.6) is 0 Å². The summed E-state index contributed by atoms with van der Waals surface area (Å²) in [5.74, 6) is -0.892. The van der Waals surface area contributed by atoms with E-state index in [1.807, 2.05) is 0 Å². The zero-order valence-electron chi connectivity index (χ0n) is 8.55. The second-order valence-corrected chi connectivity index (χ2v) is 2.99. The van der Waals surface area contributed by atoms with Crippen LogP contribution in [0.25, 0.3) is 0 Å². The van der Waals surface area contributed by atoms with Crippen molar-refractivity contribution in [3.05, 3.63) is 33.5 Å². The number of carbonyl (C=O) groups excluding carboxylic acids is 1. The van der Waals surface area contributed by atoms with Crippen LogP contribution in [0, 0.1) is 10.1 Å². The van der Waals surface area contributed by atoms with Crippen LogP contribution >= 0.6 is 0 Å². The Morgan fingerprint density at radius 3 is 2.27 bits per heavy atom. The molecule has 1 rings (SSSR count). The van der Waals surface area contributed by atoms with Crippen molar-refractivity contribution >= 4 is 6.03 Å². The maximum absolute atomic E-state index is 11.5. The van der Waals surface area contributed by atoms with Gasteiger partial charge >= 0.3 is 11.7 Å². The van der Waals surface area contributed by atoms with Gasteiger partial charge in [0.2, 0.25) is 0 Å². The summed E-state index contributed by atoms with van der Waals surface area (Å²) in [6, 6.07) is -0.585. The molecule has 0 atom stereocenters. The molecule has 0 aromatic rings. The Morgan fingerprint density at radius 2 is 1.87 bits per heavy atom. The molecule has 1 aliphatic heterocycles. The van der Waals surface area contributed by atoms with Crippen molar-refractivity contribution in [2.24, 2.45) is 0 Å². The summed E-state index contributed by atoms with van der Waals surface area (Å²) in [5.41, 5.74) is -0.560. The average molecular weight is 212 g/mol. The van der Waals surface area contributed by atoms with Gasteiger partial charge in [-0.15, -0.1) is 0 Å². The van der Waals surface area contributed by atoms with Crippen LogP contribution in [0.1, 0.15) is 6.92 Å². The first-order chi connectivity index (χ1) is 6.91. The molecular weight excluding hydrogens is 202 g/mol. The highest BCUT2D eigenvalue weighted by Crippen LogP contribution is 2.24. The monoisotopic (exact) mass is 212 g/mol. The van der Waals surface area contributed by atoms with Gasteiger partial charge in [-0.05, 0) is 6.92 Å². The minimum absolute atomic E-state index is 0.0214. The lowest BCUT2D eigenvalue weighted by Crippen LogP contribution is -2.47. The van der Waals surface area contributed by atoms with Crippen molar-refractivity contribution in [2.45, 2.75) is 6.92 Å². The number of nitrogens with zero attached hydrogens (tertiary/aromatic N) is 3. The van der Waals surface area contributed by atoms with E-state index in [0.29, 0.717) is 4.90 Å². The maximum atomic E-state index is 11.5. The van der Waals surface area contributed by atoms with E-state index in [9.17, 15) is 20.0 Å². The summed E-state index contributed by atoms with van der Waals surface area (Å²) in [4.78, 5) is 23.1. The van der Waals surface area contributed by atoms with Crippen LogP contribution in [0.2, 0.25) is 0 Å². The number of hydrogen-bond donors (Lipinski definition) is 0. The van der Waals surface area contributed by atoms with E-state index in [4.69, 9.17) is 0 Å². The van der Waals surface area contributed by atoms with Crippen LogP contribution in [-0.2, 0) is 0 Å². The molecule has 0 saturated carbocycles. The second-order valence-electron chi connectivity index (χ2n) is 2.99. The van der Waals surface area contributed by atoms with Gasteiger partial charge < -0.3 is 10.0 Å². The first-order valence-electron chi connectivity index (χ1n) is 4.15. The lowest BCUT2D eigenvalue weighted by Gasteiger charge is -2.35. The molecule has 0 saturated heterocycles. The van der Waals surface area contributed by atoms with E-state index in [2.05, 4.69) is 0 Å². The largest absolute Gasteiger partial charge is 0.855 e. The fraction of sp³-hybridized carbons (Fsp3) is 0.375. The molecule has 0 radical (unpaired) electrons. The predicted molar refractivity (Wildman–Crippen MR) is 48.7 cm³/mol. The molecule has 1 aliphatic rings. The molecule has 0 N–H and O–H groups in total. The van der Waals surface area contributed by atoms with Gasteiger partial charge in [0.15, 0.2) is 0 Å². The third-order valence-corrected chi connectivity index (χ3v) is 2.14. The Morgan fingerprint density at radius 1 is 1.33 bits per heavy atom. The Bertz CT molecular complexity index is 385. The van der Waals surface area contributed by atoms with E-state index >= 15 is 0 Å². The standard InChI is InChI=1S/C8H11N3O4/c1-4-5-6(11(14)15)7(12)10(3)8(13)9(5)2/h4,12H,1-3H3/p-1/b5-4-. The van der Waals surface area contributed by atoms with Gasteiger partial charge in [-0.2, -0.15) is 0 Å². The number of likely N-dealkylation sites (N-methyl/N-ethyl adjacent to an activating group) is 1. The summed E-state index contributed by atoms with van der Waals surface area (Å²) in [7, 11) is 2.58. The molecule has 7 nitrogen and oxygen atoms in total. The first kappa shape index (κ1) is 11.0. The van der Waals surface area contributed by atoms with E-state index in [-0.39, 0.29) is 5.70 Å². The maximum Gasteiger partial charge on any atom is 0.327 e. The smallest absolute Gasteiger partial charge is 0.327 e. The number of urea groups is 1. The Kier molecular flexibility index (Phi) is 2.65.